The van der Waals surface area contributed by atoms with Gasteiger partial charge in [0.25, 0.3) is 5.91 Å². The molecule has 1 aromatic rings. The summed E-state index contributed by atoms with van der Waals surface area (Å²) in [5.41, 5.74) is 0.416. The molecule has 1 aromatic carbocycles. The van der Waals surface area contributed by atoms with E-state index in [0.717, 1.165) is 17.7 Å². The number of carbonyl (C=O) groups is 3. The van der Waals surface area contributed by atoms with Crippen LogP contribution in [0, 0.1) is 5.82 Å². The maximum atomic E-state index is 12.8. The third kappa shape index (κ3) is 2.86. The highest BCUT2D eigenvalue weighted by Gasteiger charge is 2.44. The fourth-order valence-corrected chi connectivity index (χ4v) is 2.27. The van der Waals surface area contributed by atoms with E-state index in [4.69, 9.17) is 0 Å². The van der Waals surface area contributed by atoms with Crippen LogP contribution in [0.2, 0.25) is 0 Å². The van der Waals surface area contributed by atoms with Gasteiger partial charge in [0.15, 0.2) is 0 Å². The Morgan fingerprint density at radius 2 is 1.90 bits per heavy atom. The van der Waals surface area contributed by atoms with Gasteiger partial charge in [-0.3, -0.25) is 14.5 Å². The molecule has 1 saturated heterocycles. The molecule has 0 spiro atoms. The van der Waals surface area contributed by atoms with Crippen molar-refractivity contribution in [2.45, 2.75) is 18.9 Å². The van der Waals surface area contributed by atoms with Crippen molar-refractivity contribution in [1.82, 2.24) is 9.80 Å². The van der Waals surface area contributed by atoms with E-state index in [1.54, 1.807) is 0 Å². The lowest BCUT2D eigenvalue weighted by molar-refractivity contribution is -0.129. The Morgan fingerprint density at radius 3 is 2.52 bits per heavy atom. The van der Waals surface area contributed by atoms with Gasteiger partial charge < -0.3 is 10.2 Å². The van der Waals surface area contributed by atoms with Gasteiger partial charge in [0.05, 0.1) is 0 Å². The molecule has 2 aliphatic rings. The van der Waals surface area contributed by atoms with Crippen molar-refractivity contribution in [1.29, 1.82) is 0 Å². The Labute approximate surface area is 120 Å². The molecule has 0 bridgehead atoms. The van der Waals surface area contributed by atoms with Gasteiger partial charge >= 0.3 is 6.03 Å². The SMILES string of the molecule is O=C(CN1C(=O)CN(C2CC2)C1=O)Nc1ccc(F)cc1. The van der Waals surface area contributed by atoms with E-state index in [1.165, 1.54) is 29.2 Å². The highest BCUT2D eigenvalue weighted by molar-refractivity contribution is 6.06. The molecule has 3 rings (SSSR count). The second-order valence-electron chi connectivity index (χ2n) is 5.18. The van der Waals surface area contributed by atoms with Crippen molar-refractivity contribution < 1.29 is 18.8 Å². The van der Waals surface area contributed by atoms with Crippen LogP contribution >= 0.6 is 0 Å². The van der Waals surface area contributed by atoms with Crippen LogP contribution in [-0.2, 0) is 9.59 Å². The van der Waals surface area contributed by atoms with Crippen molar-refractivity contribution >= 4 is 23.5 Å². The van der Waals surface area contributed by atoms with Crippen LogP contribution in [0.15, 0.2) is 24.3 Å². The van der Waals surface area contributed by atoms with E-state index < -0.39 is 17.8 Å². The summed E-state index contributed by atoms with van der Waals surface area (Å²) in [7, 11) is 0. The standard InChI is InChI=1S/C14H14FN3O3/c15-9-1-3-10(4-2-9)16-12(19)7-18-13(20)8-17(14(18)21)11-5-6-11/h1-4,11H,5-8H2,(H,16,19). The Morgan fingerprint density at radius 1 is 1.24 bits per heavy atom. The third-order valence-electron chi connectivity index (χ3n) is 3.50. The van der Waals surface area contributed by atoms with Crippen LogP contribution in [0.25, 0.3) is 0 Å². The first-order valence-electron chi connectivity index (χ1n) is 6.71. The number of carbonyl (C=O) groups excluding carboxylic acids is 3. The molecule has 7 heteroatoms. The lowest BCUT2D eigenvalue weighted by Crippen LogP contribution is -2.39. The summed E-state index contributed by atoms with van der Waals surface area (Å²) < 4.78 is 12.8. The average Bonchev–Trinajstić information content (AvgIpc) is 3.24. The Hall–Kier alpha value is -2.44. The highest BCUT2D eigenvalue weighted by Crippen LogP contribution is 2.30. The van der Waals surface area contributed by atoms with Gasteiger partial charge in [-0.25, -0.2) is 9.18 Å². The molecule has 0 unspecified atom stereocenters. The van der Waals surface area contributed by atoms with Gasteiger partial charge in [0.2, 0.25) is 5.91 Å². The number of rotatable bonds is 4. The molecule has 1 aliphatic carbocycles. The van der Waals surface area contributed by atoms with E-state index in [9.17, 15) is 18.8 Å². The summed E-state index contributed by atoms with van der Waals surface area (Å²) in [5.74, 6) is -1.25. The minimum Gasteiger partial charge on any atom is -0.325 e. The quantitative estimate of drug-likeness (QED) is 0.847. The topological polar surface area (TPSA) is 69.7 Å². The molecule has 1 heterocycles. The van der Waals surface area contributed by atoms with Crippen molar-refractivity contribution in [3.63, 3.8) is 0 Å². The van der Waals surface area contributed by atoms with Crippen LogP contribution in [0.3, 0.4) is 0 Å². The molecular formula is C14H14FN3O3. The van der Waals surface area contributed by atoms with Crippen LogP contribution in [0.4, 0.5) is 14.9 Å². The van der Waals surface area contributed by atoms with Gasteiger partial charge in [-0.15, -0.1) is 0 Å². The van der Waals surface area contributed by atoms with Gasteiger partial charge in [0.1, 0.15) is 18.9 Å². The number of imide groups is 1. The number of halogens is 1. The van der Waals surface area contributed by atoms with E-state index in [0.29, 0.717) is 5.69 Å². The zero-order chi connectivity index (χ0) is 15.0. The number of urea groups is 1. The molecule has 0 aromatic heterocycles. The van der Waals surface area contributed by atoms with Crippen LogP contribution in [0.1, 0.15) is 12.8 Å². The van der Waals surface area contributed by atoms with Crippen LogP contribution in [-0.4, -0.2) is 46.8 Å². The molecule has 21 heavy (non-hydrogen) atoms. The lowest BCUT2D eigenvalue weighted by atomic mass is 10.3. The minimum absolute atomic E-state index is 0.0489. The number of amides is 4. The Kier molecular flexibility index (Phi) is 3.32. The fourth-order valence-electron chi connectivity index (χ4n) is 2.27. The van der Waals surface area contributed by atoms with Crippen LogP contribution < -0.4 is 5.32 Å². The molecule has 1 aliphatic heterocycles. The number of hydrogen-bond acceptors (Lipinski definition) is 3. The first-order chi connectivity index (χ1) is 10.0. The van der Waals surface area contributed by atoms with E-state index in [-0.39, 0.29) is 25.0 Å². The number of nitrogens with one attached hydrogen (secondary N) is 1. The first-order valence-corrected chi connectivity index (χ1v) is 6.71. The maximum Gasteiger partial charge on any atom is 0.327 e. The van der Waals surface area contributed by atoms with E-state index >= 15 is 0 Å². The van der Waals surface area contributed by atoms with E-state index in [2.05, 4.69) is 5.32 Å². The summed E-state index contributed by atoms with van der Waals surface area (Å²) in [5, 5.41) is 2.53. The molecule has 4 amide bonds. The summed E-state index contributed by atoms with van der Waals surface area (Å²) in [6.45, 7) is -0.272. The highest BCUT2D eigenvalue weighted by atomic mass is 19.1. The summed E-state index contributed by atoms with van der Waals surface area (Å²) in [4.78, 5) is 38.2. The fraction of sp³-hybridized carbons (Fsp3) is 0.357. The largest absolute Gasteiger partial charge is 0.327 e. The third-order valence-corrected chi connectivity index (χ3v) is 3.50. The van der Waals surface area contributed by atoms with Gasteiger partial charge in [-0.05, 0) is 37.1 Å². The molecular weight excluding hydrogens is 277 g/mol. The van der Waals surface area contributed by atoms with Crippen LogP contribution in [0.5, 0.6) is 0 Å². The minimum atomic E-state index is -0.485. The number of hydrogen-bond donors (Lipinski definition) is 1. The van der Waals surface area contributed by atoms with Gasteiger partial charge in [0, 0.05) is 11.7 Å². The Bertz CT molecular complexity index is 598. The number of anilines is 1. The normalized spacial score (nSPS) is 18.3. The van der Waals surface area contributed by atoms with Crippen molar-refractivity contribution in [3.8, 4) is 0 Å². The number of nitrogens with zero attached hydrogens (tertiary/aromatic N) is 2. The molecule has 110 valence electrons. The molecule has 0 radical (unpaired) electrons. The second-order valence-corrected chi connectivity index (χ2v) is 5.18. The summed E-state index contributed by atoms with van der Waals surface area (Å²) in [6.07, 6.45) is 1.82. The van der Waals surface area contributed by atoms with Crippen molar-refractivity contribution in [2.24, 2.45) is 0 Å². The predicted molar refractivity (Wildman–Crippen MR) is 71.9 cm³/mol. The van der Waals surface area contributed by atoms with Crippen molar-refractivity contribution in [3.05, 3.63) is 30.1 Å². The molecule has 1 saturated carbocycles. The smallest absolute Gasteiger partial charge is 0.325 e. The summed E-state index contributed by atoms with van der Waals surface area (Å²) in [6, 6.07) is 5.01. The molecule has 1 N–H and O–H groups in total. The monoisotopic (exact) mass is 291 g/mol. The van der Waals surface area contributed by atoms with Gasteiger partial charge in [-0.2, -0.15) is 0 Å². The molecule has 0 atom stereocenters. The Balaban J connectivity index is 1.60. The molecule has 2 fully saturated rings. The first kappa shape index (κ1) is 13.5. The second kappa shape index (κ2) is 5.16. The molecule has 6 nitrogen and oxygen atoms in total. The van der Waals surface area contributed by atoms with E-state index in [1.807, 2.05) is 0 Å². The zero-order valence-corrected chi connectivity index (χ0v) is 11.2. The predicted octanol–water partition coefficient (Wildman–Crippen LogP) is 1.19. The van der Waals surface area contributed by atoms with Gasteiger partial charge in [-0.1, -0.05) is 0 Å². The maximum absolute atomic E-state index is 12.8. The number of benzene rings is 1. The lowest BCUT2D eigenvalue weighted by Gasteiger charge is -2.16. The van der Waals surface area contributed by atoms with Crippen molar-refractivity contribution in [2.75, 3.05) is 18.4 Å². The summed E-state index contributed by atoms with van der Waals surface area (Å²) >= 11 is 0. The zero-order valence-electron chi connectivity index (χ0n) is 11.2. The average molecular weight is 291 g/mol.